The molecule has 104 valence electrons. The number of carbonyl (C=O) groups is 2. The molecule has 4 nitrogen and oxygen atoms in total. The molecule has 1 heterocycles. The third-order valence-electron chi connectivity index (χ3n) is 3.25. The first kappa shape index (κ1) is 14.8. The van der Waals surface area contributed by atoms with Crippen LogP contribution in [0.2, 0.25) is 0 Å². The molecule has 1 fully saturated rings. The molecular weight excluding hydrogens is 251 g/mol. The van der Waals surface area contributed by atoms with Gasteiger partial charge in [0.05, 0.1) is 5.92 Å². The van der Waals surface area contributed by atoms with Crippen LogP contribution in [0.25, 0.3) is 0 Å². The van der Waals surface area contributed by atoms with E-state index in [1.54, 1.807) is 6.92 Å². The smallest absolute Gasteiger partial charge is 0.471 e. The van der Waals surface area contributed by atoms with Crippen molar-refractivity contribution >= 4 is 11.9 Å². The third kappa shape index (κ3) is 3.89. The molecule has 0 aromatic heterocycles. The highest BCUT2D eigenvalue weighted by Gasteiger charge is 2.43. The summed E-state index contributed by atoms with van der Waals surface area (Å²) in [6.07, 6.45) is -3.51. The van der Waals surface area contributed by atoms with Gasteiger partial charge in [0.25, 0.3) is 0 Å². The highest BCUT2D eigenvalue weighted by atomic mass is 19.4. The van der Waals surface area contributed by atoms with Crippen molar-refractivity contribution < 1.29 is 27.9 Å². The van der Waals surface area contributed by atoms with E-state index in [-0.39, 0.29) is 19.0 Å². The van der Waals surface area contributed by atoms with Gasteiger partial charge in [0.15, 0.2) is 0 Å². The van der Waals surface area contributed by atoms with Crippen molar-refractivity contribution in [1.82, 2.24) is 4.90 Å². The molecule has 1 saturated heterocycles. The Bertz CT molecular complexity index is 322. The third-order valence-corrected chi connectivity index (χ3v) is 3.25. The highest BCUT2D eigenvalue weighted by molar-refractivity contribution is 5.81. The van der Waals surface area contributed by atoms with Crippen LogP contribution >= 0.6 is 0 Å². The summed E-state index contributed by atoms with van der Waals surface area (Å²) in [5.41, 5.74) is 0. The normalized spacial score (nSPS) is 19.7. The maximum Gasteiger partial charge on any atom is 0.471 e. The molecular formula is C11H16F3NO3. The van der Waals surface area contributed by atoms with Crippen molar-refractivity contribution in [2.24, 2.45) is 11.8 Å². The summed E-state index contributed by atoms with van der Waals surface area (Å²) in [6.45, 7) is 1.68. The van der Waals surface area contributed by atoms with Crippen LogP contribution in [0.5, 0.6) is 0 Å². The van der Waals surface area contributed by atoms with Gasteiger partial charge in [0.1, 0.15) is 0 Å². The maximum atomic E-state index is 12.2. The van der Waals surface area contributed by atoms with Crippen LogP contribution in [0.4, 0.5) is 13.2 Å². The van der Waals surface area contributed by atoms with Crippen molar-refractivity contribution in [3.05, 3.63) is 0 Å². The Morgan fingerprint density at radius 3 is 2.22 bits per heavy atom. The van der Waals surface area contributed by atoms with Gasteiger partial charge >= 0.3 is 18.1 Å². The van der Waals surface area contributed by atoms with Gasteiger partial charge in [0.2, 0.25) is 0 Å². The lowest BCUT2D eigenvalue weighted by atomic mass is 9.88. The van der Waals surface area contributed by atoms with Crippen LogP contribution in [0.3, 0.4) is 0 Å². The standard InChI is InChI=1S/C11H16F3NO3/c1-7(9(16)17)6-8-2-4-15(5-3-8)10(18)11(12,13)14/h7-8H,2-6H2,1H3,(H,16,17). The number of likely N-dealkylation sites (tertiary alicyclic amines) is 1. The largest absolute Gasteiger partial charge is 0.481 e. The van der Waals surface area contributed by atoms with E-state index in [4.69, 9.17) is 5.11 Å². The van der Waals surface area contributed by atoms with Gasteiger partial charge < -0.3 is 10.0 Å². The molecule has 18 heavy (non-hydrogen) atoms. The minimum Gasteiger partial charge on any atom is -0.481 e. The molecule has 0 bridgehead atoms. The second kappa shape index (κ2) is 5.58. The molecule has 1 unspecified atom stereocenters. The first-order valence-corrected chi connectivity index (χ1v) is 5.80. The number of halogens is 3. The Morgan fingerprint density at radius 1 is 1.33 bits per heavy atom. The van der Waals surface area contributed by atoms with Gasteiger partial charge in [-0.05, 0) is 25.2 Å². The van der Waals surface area contributed by atoms with E-state index >= 15 is 0 Å². The Balaban J connectivity index is 2.42. The lowest BCUT2D eigenvalue weighted by Crippen LogP contribution is -2.45. The molecule has 1 atom stereocenters. The lowest BCUT2D eigenvalue weighted by molar-refractivity contribution is -0.186. The molecule has 1 aliphatic rings. The molecule has 0 aromatic rings. The van der Waals surface area contributed by atoms with Gasteiger partial charge in [-0.3, -0.25) is 9.59 Å². The summed E-state index contributed by atoms with van der Waals surface area (Å²) < 4.78 is 36.5. The molecule has 1 amide bonds. The van der Waals surface area contributed by atoms with E-state index in [0.29, 0.717) is 19.3 Å². The summed E-state index contributed by atoms with van der Waals surface area (Å²) in [6, 6.07) is 0. The quantitative estimate of drug-likeness (QED) is 0.849. The number of alkyl halides is 3. The first-order chi connectivity index (χ1) is 8.21. The van der Waals surface area contributed by atoms with Crippen molar-refractivity contribution in [3.8, 4) is 0 Å². The molecule has 0 aromatic carbocycles. The predicted molar refractivity (Wildman–Crippen MR) is 56.8 cm³/mol. The fourth-order valence-electron chi connectivity index (χ4n) is 2.15. The van der Waals surface area contributed by atoms with Crippen molar-refractivity contribution in [1.29, 1.82) is 0 Å². The number of aliphatic carboxylic acids is 1. The summed E-state index contributed by atoms with van der Waals surface area (Å²) >= 11 is 0. The summed E-state index contributed by atoms with van der Waals surface area (Å²) in [7, 11) is 0. The maximum absolute atomic E-state index is 12.2. The van der Waals surface area contributed by atoms with Gasteiger partial charge in [0, 0.05) is 13.1 Å². The van der Waals surface area contributed by atoms with Crippen LogP contribution in [0, 0.1) is 11.8 Å². The lowest BCUT2D eigenvalue weighted by Gasteiger charge is -2.32. The van der Waals surface area contributed by atoms with E-state index in [2.05, 4.69) is 0 Å². The van der Waals surface area contributed by atoms with E-state index in [0.717, 1.165) is 4.90 Å². The van der Waals surface area contributed by atoms with Crippen LogP contribution < -0.4 is 0 Å². The van der Waals surface area contributed by atoms with Crippen LogP contribution in [0.1, 0.15) is 26.2 Å². The molecule has 1 rings (SSSR count). The Hall–Kier alpha value is -1.27. The fourth-order valence-corrected chi connectivity index (χ4v) is 2.15. The number of hydrogen-bond donors (Lipinski definition) is 1. The highest BCUT2D eigenvalue weighted by Crippen LogP contribution is 2.27. The number of piperidine rings is 1. The number of hydrogen-bond acceptors (Lipinski definition) is 2. The van der Waals surface area contributed by atoms with Gasteiger partial charge in [-0.1, -0.05) is 6.92 Å². The second-order valence-corrected chi connectivity index (χ2v) is 4.71. The zero-order valence-corrected chi connectivity index (χ0v) is 10.0. The Labute approximate surface area is 103 Å². The minimum atomic E-state index is -4.82. The van der Waals surface area contributed by atoms with Crippen molar-refractivity contribution in [2.75, 3.05) is 13.1 Å². The van der Waals surface area contributed by atoms with Crippen LogP contribution in [-0.2, 0) is 9.59 Å². The average molecular weight is 267 g/mol. The SMILES string of the molecule is CC(CC1CCN(C(=O)C(F)(F)F)CC1)C(=O)O. The predicted octanol–water partition coefficient (Wildman–Crippen LogP) is 1.90. The monoisotopic (exact) mass is 267 g/mol. The Morgan fingerprint density at radius 2 is 1.83 bits per heavy atom. The number of amides is 1. The molecule has 0 spiro atoms. The van der Waals surface area contributed by atoms with Gasteiger partial charge in [-0.25, -0.2) is 0 Å². The minimum absolute atomic E-state index is 0.0509. The van der Waals surface area contributed by atoms with Gasteiger partial charge in [-0.15, -0.1) is 0 Å². The molecule has 7 heteroatoms. The van der Waals surface area contributed by atoms with Crippen molar-refractivity contribution in [3.63, 3.8) is 0 Å². The second-order valence-electron chi connectivity index (χ2n) is 4.71. The molecule has 0 saturated carbocycles. The summed E-state index contributed by atoms with van der Waals surface area (Å²) in [5.74, 6) is -3.12. The van der Waals surface area contributed by atoms with Crippen molar-refractivity contribution in [2.45, 2.75) is 32.4 Å². The number of nitrogens with zero attached hydrogens (tertiary/aromatic N) is 1. The fraction of sp³-hybridized carbons (Fsp3) is 0.818. The molecule has 0 radical (unpaired) electrons. The van der Waals surface area contributed by atoms with E-state index in [1.807, 2.05) is 0 Å². The molecule has 1 aliphatic heterocycles. The average Bonchev–Trinajstić information content (AvgIpc) is 2.27. The number of carbonyl (C=O) groups excluding carboxylic acids is 1. The zero-order valence-electron chi connectivity index (χ0n) is 10.0. The summed E-state index contributed by atoms with van der Waals surface area (Å²) in [4.78, 5) is 22.4. The number of rotatable bonds is 3. The topological polar surface area (TPSA) is 57.6 Å². The summed E-state index contributed by atoms with van der Waals surface area (Å²) in [5, 5.41) is 8.75. The first-order valence-electron chi connectivity index (χ1n) is 5.80. The van der Waals surface area contributed by atoms with E-state index < -0.39 is 24.0 Å². The van der Waals surface area contributed by atoms with E-state index in [9.17, 15) is 22.8 Å². The zero-order chi connectivity index (χ0) is 13.9. The number of carboxylic acid groups (broad SMARTS) is 1. The van der Waals surface area contributed by atoms with Gasteiger partial charge in [-0.2, -0.15) is 13.2 Å². The molecule has 0 aliphatic carbocycles. The van der Waals surface area contributed by atoms with Crippen LogP contribution in [-0.4, -0.2) is 41.1 Å². The van der Waals surface area contributed by atoms with Crippen LogP contribution in [0.15, 0.2) is 0 Å². The van der Waals surface area contributed by atoms with E-state index in [1.165, 1.54) is 0 Å². The number of carboxylic acids is 1. The Kier molecular flexibility index (Phi) is 4.59. The molecule has 1 N–H and O–H groups in total.